The fraction of sp³-hybridized carbons (Fsp3) is 0.682. The number of benzene rings is 1. The topological polar surface area (TPSA) is 26.3 Å². The Kier molecular flexibility index (Phi) is 9.16. The molecule has 1 aromatic carbocycles. The van der Waals surface area contributed by atoms with E-state index in [0.29, 0.717) is 30.8 Å². The largest absolute Gasteiger partial charge is 0.492 e. The standard InChI is InChI=1S/C22H35FO2/c1-5-13-21(14-6-2,22(23,15-7-3)16-8-4)18-25-20-12-10-9-11-19(20)17-24/h9-12,17H,5-8,13-16,18H2,1-4H3. The Bertz CT molecular complexity index is 501. The van der Waals surface area contributed by atoms with E-state index in [-0.39, 0.29) is 0 Å². The molecular formula is C22H35FO2. The average molecular weight is 351 g/mol. The van der Waals surface area contributed by atoms with Crippen molar-refractivity contribution >= 4 is 6.29 Å². The zero-order valence-corrected chi connectivity index (χ0v) is 16.4. The van der Waals surface area contributed by atoms with Crippen molar-refractivity contribution in [3.8, 4) is 5.75 Å². The molecule has 0 unspecified atom stereocenters. The summed E-state index contributed by atoms with van der Waals surface area (Å²) >= 11 is 0. The van der Waals surface area contributed by atoms with E-state index in [2.05, 4.69) is 27.7 Å². The number of hydrogen-bond donors (Lipinski definition) is 0. The van der Waals surface area contributed by atoms with Gasteiger partial charge in [-0.15, -0.1) is 0 Å². The Morgan fingerprint density at radius 2 is 1.44 bits per heavy atom. The smallest absolute Gasteiger partial charge is 0.153 e. The van der Waals surface area contributed by atoms with Gasteiger partial charge in [0.1, 0.15) is 11.4 Å². The maximum absolute atomic E-state index is 16.2. The van der Waals surface area contributed by atoms with Gasteiger partial charge < -0.3 is 4.74 Å². The third-order valence-electron chi connectivity index (χ3n) is 5.25. The molecule has 0 bridgehead atoms. The van der Waals surface area contributed by atoms with E-state index in [1.165, 1.54) is 0 Å². The van der Waals surface area contributed by atoms with Gasteiger partial charge in [0.25, 0.3) is 0 Å². The minimum Gasteiger partial charge on any atom is -0.492 e. The van der Waals surface area contributed by atoms with Crippen LogP contribution in [0.5, 0.6) is 5.75 Å². The molecule has 0 N–H and O–H groups in total. The molecule has 0 aromatic heterocycles. The van der Waals surface area contributed by atoms with Crippen molar-refractivity contribution in [2.75, 3.05) is 6.61 Å². The summed E-state index contributed by atoms with van der Waals surface area (Å²) < 4.78 is 22.3. The van der Waals surface area contributed by atoms with Crippen LogP contribution in [0.15, 0.2) is 24.3 Å². The van der Waals surface area contributed by atoms with Gasteiger partial charge in [0, 0.05) is 5.41 Å². The maximum Gasteiger partial charge on any atom is 0.153 e. The molecule has 0 saturated heterocycles. The third-order valence-corrected chi connectivity index (χ3v) is 5.25. The highest BCUT2D eigenvalue weighted by atomic mass is 19.1. The van der Waals surface area contributed by atoms with Gasteiger partial charge in [0.05, 0.1) is 12.2 Å². The van der Waals surface area contributed by atoms with Crippen LogP contribution in [0.3, 0.4) is 0 Å². The molecule has 0 amide bonds. The number of rotatable bonds is 13. The molecule has 0 aliphatic heterocycles. The summed E-state index contributed by atoms with van der Waals surface area (Å²) in [6.07, 6.45) is 7.07. The average Bonchev–Trinajstić information content (AvgIpc) is 2.60. The summed E-state index contributed by atoms with van der Waals surface area (Å²) in [5, 5.41) is 0. The van der Waals surface area contributed by atoms with Crippen molar-refractivity contribution in [3.63, 3.8) is 0 Å². The number of para-hydroxylation sites is 1. The minimum atomic E-state index is -1.22. The van der Waals surface area contributed by atoms with E-state index in [1.807, 2.05) is 12.1 Å². The zero-order valence-electron chi connectivity index (χ0n) is 16.4. The van der Waals surface area contributed by atoms with Gasteiger partial charge in [-0.25, -0.2) is 4.39 Å². The molecular weight excluding hydrogens is 315 g/mol. The minimum absolute atomic E-state index is 0.329. The van der Waals surface area contributed by atoms with Gasteiger partial charge in [0.2, 0.25) is 0 Å². The molecule has 0 atom stereocenters. The lowest BCUT2D eigenvalue weighted by atomic mass is 9.64. The van der Waals surface area contributed by atoms with Crippen LogP contribution in [-0.4, -0.2) is 18.6 Å². The summed E-state index contributed by atoms with van der Waals surface area (Å²) in [5.41, 5.74) is -1.20. The molecule has 1 aromatic rings. The van der Waals surface area contributed by atoms with E-state index >= 15 is 4.39 Å². The lowest BCUT2D eigenvalue weighted by molar-refractivity contribution is -0.0675. The molecule has 1 rings (SSSR count). The first-order valence-corrected chi connectivity index (χ1v) is 9.88. The quantitative estimate of drug-likeness (QED) is 0.367. The Morgan fingerprint density at radius 3 is 1.92 bits per heavy atom. The third kappa shape index (κ3) is 5.29. The second-order valence-corrected chi connectivity index (χ2v) is 7.19. The zero-order chi connectivity index (χ0) is 18.8. The van der Waals surface area contributed by atoms with E-state index in [9.17, 15) is 4.79 Å². The van der Waals surface area contributed by atoms with Crippen molar-refractivity contribution in [1.82, 2.24) is 0 Å². The number of ether oxygens (including phenoxy) is 1. The second kappa shape index (κ2) is 10.6. The van der Waals surface area contributed by atoms with E-state index < -0.39 is 11.1 Å². The lowest BCUT2D eigenvalue weighted by Crippen LogP contribution is -2.49. The summed E-state index contributed by atoms with van der Waals surface area (Å²) in [6.45, 7) is 8.66. The van der Waals surface area contributed by atoms with Gasteiger partial charge in [0.15, 0.2) is 6.29 Å². The SMILES string of the molecule is CCCC(F)(CCC)C(CCC)(CCC)COc1ccccc1C=O. The molecule has 2 nitrogen and oxygen atoms in total. The summed E-state index contributed by atoms with van der Waals surface area (Å²) in [7, 11) is 0. The molecule has 0 aliphatic rings. The number of halogens is 1. The number of hydrogen-bond acceptors (Lipinski definition) is 2. The van der Waals surface area contributed by atoms with Crippen LogP contribution in [0.4, 0.5) is 4.39 Å². The van der Waals surface area contributed by atoms with E-state index in [0.717, 1.165) is 44.8 Å². The van der Waals surface area contributed by atoms with Crippen molar-refractivity contribution in [3.05, 3.63) is 29.8 Å². The van der Waals surface area contributed by atoms with E-state index in [1.54, 1.807) is 12.1 Å². The predicted octanol–water partition coefficient (Wildman–Crippen LogP) is 6.77. The molecule has 0 radical (unpaired) electrons. The van der Waals surface area contributed by atoms with Gasteiger partial charge in [-0.3, -0.25) is 4.79 Å². The summed E-state index contributed by atoms with van der Waals surface area (Å²) in [6, 6.07) is 7.20. The van der Waals surface area contributed by atoms with Crippen LogP contribution in [-0.2, 0) is 0 Å². The van der Waals surface area contributed by atoms with Crippen molar-refractivity contribution in [2.24, 2.45) is 5.41 Å². The predicted molar refractivity (Wildman–Crippen MR) is 103 cm³/mol. The number of carbonyl (C=O) groups is 1. The van der Waals surface area contributed by atoms with Crippen LogP contribution in [0.25, 0.3) is 0 Å². The Morgan fingerprint density at radius 1 is 0.920 bits per heavy atom. The number of aldehydes is 1. The molecule has 0 heterocycles. The molecule has 0 spiro atoms. The van der Waals surface area contributed by atoms with Crippen LogP contribution in [0.1, 0.15) is 89.4 Å². The highest BCUT2D eigenvalue weighted by Crippen LogP contribution is 2.49. The van der Waals surface area contributed by atoms with Crippen molar-refractivity contribution in [1.29, 1.82) is 0 Å². The highest BCUT2D eigenvalue weighted by molar-refractivity contribution is 5.79. The maximum atomic E-state index is 16.2. The lowest BCUT2D eigenvalue weighted by Gasteiger charge is -2.46. The van der Waals surface area contributed by atoms with Crippen LogP contribution >= 0.6 is 0 Å². The van der Waals surface area contributed by atoms with Crippen LogP contribution in [0, 0.1) is 5.41 Å². The molecule has 0 aliphatic carbocycles. The first-order valence-electron chi connectivity index (χ1n) is 9.88. The number of carbonyl (C=O) groups excluding carboxylic acids is 1. The molecule has 142 valence electrons. The van der Waals surface area contributed by atoms with Crippen molar-refractivity contribution < 1.29 is 13.9 Å². The molecule has 3 heteroatoms. The molecule has 0 fully saturated rings. The van der Waals surface area contributed by atoms with Crippen LogP contribution < -0.4 is 4.74 Å². The van der Waals surface area contributed by atoms with Gasteiger partial charge >= 0.3 is 0 Å². The summed E-state index contributed by atoms with van der Waals surface area (Å²) in [5.74, 6) is 0.560. The van der Waals surface area contributed by atoms with Crippen molar-refractivity contribution in [2.45, 2.75) is 84.7 Å². The Labute approximate surface area is 153 Å². The monoisotopic (exact) mass is 350 g/mol. The van der Waals surface area contributed by atoms with Crippen LogP contribution in [0.2, 0.25) is 0 Å². The fourth-order valence-corrected chi connectivity index (χ4v) is 4.18. The highest BCUT2D eigenvalue weighted by Gasteiger charge is 2.50. The van der Waals surface area contributed by atoms with E-state index in [4.69, 9.17) is 4.74 Å². The first-order chi connectivity index (χ1) is 12.0. The Hall–Kier alpha value is -1.38. The van der Waals surface area contributed by atoms with Gasteiger partial charge in [-0.1, -0.05) is 65.5 Å². The second-order valence-electron chi connectivity index (χ2n) is 7.19. The Balaban J connectivity index is 3.18. The number of alkyl halides is 1. The molecule has 25 heavy (non-hydrogen) atoms. The molecule has 0 saturated carbocycles. The van der Waals surface area contributed by atoms with Gasteiger partial charge in [-0.2, -0.15) is 0 Å². The summed E-state index contributed by atoms with van der Waals surface area (Å²) in [4.78, 5) is 11.3. The van der Waals surface area contributed by atoms with Gasteiger partial charge in [-0.05, 0) is 37.8 Å². The fourth-order valence-electron chi connectivity index (χ4n) is 4.18. The normalized spacial score (nSPS) is 12.2. The first kappa shape index (κ1) is 21.7.